The summed E-state index contributed by atoms with van der Waals surface area (Å²) in [5, 5.41) is 14.0. The molecule has 10 heteroatoms. The Labute approximate surface area is 173 Å². The topological polar surface area (TPSA) is 120 Å². The van der Waals surface area contributed by atoms with Crippen LogP contribution in [0.5, 0.6) is 11.5 Å². The Balaban J connectivity index is 2.16. The van der Waals surface area contributed by atoms with Crippen LogP contribution in [0, 0.1) is 10.1 Å². The van der Waals surface area contributed by atoms with Crippen LogP contribution < -0.4 is 19.7 Å². The van der Waals surface area contributed by atoms with E-state index in [0.29, 0.717) is 5.69 Å². The lowest BCUT2D eigenvalue weighted by Gasteiger charge is -2.16. The first-order valence-corrected chi connectivity index (χ1v) is 8.87. The normalized spacial score (nSPS) is 11.2. The minimum atomic E-state index is -1.20. The van der Waals surface area contributed by atoms with Gasteiger partial charge >= 0.3 is 5.97 Å². The van der Waals surface area contributed by atoms with Crippen LogP contribution in [0.4, 0.5) is 17.1 Å². The second-order valence-electron chi connectivity index (χ2n) is 6.46. The molecule has 0 heterocycles. The van der Waals surface area contributed by atoms with Gasteiger partial charge in [-0.15, -0.1) is 0 Å². The molecule has 0 aliphatic carbocycles. The molecule has 160 valence electrons. The van der Waals surface area contributed by atoms with E-state index in [-0.39, 0.29) is 17.1 Å². The number of benzene rings is 2. The SMILES string of the molecule is COc1cc(C(=O)O[C@H](C)C(=O)Nc2ccc(N(C)C)cc2)c([N+](=O)[O-])cc1OC. The number of nitro benzene ring substituents is 1. The highest BCUT2D eigenvalue weighted by molar-refractivity contribution is 5.99. The van der Waals surface area contributed by atoms with E-state index in [1.165, 1.54) is 21.1 Å². The summed E-state index contributed by atoms with van der Waals surface area (Å²) >= 11 is 0. The molecule has 30 heavy (non-hydrogen) atoms. The highest BCUT2D eigenvalue weighted by Gasteiger charge is 2.28. The Hall–Kier alpha value is -3.82. The largest absolute Gasteiger partial charge is 0.493 e. The third kappa shape index (κ3) is 5.16. The number of rotatable bonds is 8. The van der Waals surface area contributed by atoms with Gasteiger partial charge in [-0.1, -0.05) is 0 Å². The number of anilines is 2. The van der Waals surface area contributed by atoms with Crippen LogP contribution in [-0.2, 0) is 9.53 Å². The summed E-state index contributed by atoms with van der Waals surface area (Å²) in [6, 6.07) is 9.26. The fourth-order valence-corrected chi connectivity index (χ4v) is 2.55. The predicted octanol–water partition coefficient (Wildman–Crippen LogP) is 2.86. The molecule has 0 fully saturated rings. The van der Waals surface area contributed by atoms with E-state index in [9.17, 15) is 19.7 Å². The summed E-state index contributed by atoms with van der Waals surface area (Å²) in [5.74, 6) is -1.40. The van der Waals surface area contributed by atoms with E-state index in [2.05, 4.69) is 5.32 Å². The van der Waals surface area contributed by atoms with Gasteiger partial charge in [0.1, 0.15) is 5.56 Å². The molecule has 2 rings (SSSR count). The minimum Gasteiger partial charge on any atom is -0.493 e. The standard InChI is InChI=1S/C20H23N3O7/c1-12(19(24)21-13-6-8-14(9-7-13)22(2)3)30-20(25)15-10-17(28-4)18(29-5)11-16(15)23(26)27/h6-12H,1-5H3,(H,21,24)/t12-/m1/s1. The number of nitrogens with one attached hydrogen (secondary N) is 1. The summed E-state index contributed by atoms with van der Waals surface area (Å²) in [4.78, 5) is 37.4. The van der Waals surface area contributed by atoms with E-state index < -0.39 is 28.6 Å². The highest BCUT2D eigenvalue weighted by atomic mass is 16.6. The summed E-state index contributed by atoms with van der Waals surface area (Å²) in [5.41, 5.74) is 0.594. The van der Waals surface area contributed by atoms with Crippen molar-refractivity contribution in [2.24, 2.45) is 0 Å². The van der Waals surface area contributed by atoms with Crippen molar-refractivity contribution in [1.82, 2.24) is 0 Å². The molecule has 1 atom stereocenters. The van der Waals surface area contributed by atoms with Gasteiger partial charge in [-0.3, -0.25) is 14.9 Å². The molecule has 0 radical (unpaired) electrons. The average molecular weight is 417 g/mol. The number of esters is 1. The number of hydrogen-bond acceptors (Lipinski definition) is 8. The lowest BCUT2D eigenvalue weighted by molar-refractivity contribution is -0.385. The summed E-state index contributed by atoms with van der Waals surface area (Å²) < 4.78 is 15.2. The Morgan fingerprint density at radius 1 is 1.07 bits per heavy atom. The zero-order valence-electron chi connectivity index (χ0n) is 17.3. The predicted molar refractivity (Wildman–Crippen MR) is 110 cm³/mol. The van der Waals surface area contributed by atoms with Crippen molar-refractivity contribution in [1.29, 1.82) is 0 Å². The first-order chi connectivity index (χ1) is 14.2. The van der Waals surface area contributed by atoms with Crippen molar-refractivity contribution >= 4 is 28.9 Å². The van der Waals surface area contributed by atoms with Crippen molar-refractivity contribution in [3.8, 4) is 11.5 Å². The third-order valence-corrected chi connectivity index (χ3v) is 4.22. The number of nitro groups is 1. The molecule has 0 aliphatic rings. The summed E-state index contributed by atoms with van der Waals surface area (Å²) in [6.45, 7) is 1.37. The van der Waals surface area contributed by atoms with Crippen molar-refractivity contribution in [3.05, 3.63) is 52.1 Å². The van der Waals surface area contributed by atoms with E-state index in [0.717, 1.165) is 17.8 Å². The van der Waals surface area contributed by atoms with Gasteiger partial charge in [0.15, 0.2) is 17.6 Å². The zero-order valence-corrected chi connectivity index (χ0v) is 17.3. The van der Waals surface area contributed by atoms with E-state index in [1.807, 2.05) is 31.1 Å². The lowest BCUT2D eigenvalue weighted by Crippen LogP contribution is -2.30. The number of amides is 1. The van der Waals surface area contributed by atoms with Gasteiger partial charge in [-0.05, 0) is 31.2 Å². The second-order valence-corrected chi connectivity index (χ2v) is 6.46. The van der Waals surface area contributed by atoms with Crippen molar-refractivity contribution < 1.29 is 28.7 Å². The van der Waals surface area contributed by atoms with Crippen LogP contribution in [0.25, 0.3) is 0 Å². The number of nitrogens with zero attached hydrogens (tertiary/aromatic N) is 2. The Morgan fingerprint density at radius 2 is 1.63 bits per heavy atom. The number of ether oxygens (including phenoxy) is 3. The van der Waals surface area contributed by atoms with Gasteiger partial charge in [0.2, 0.25) is 0 Å². The van der Waals surface area contributed by atoms with Crippen molar-refractivity contribution in [2.45, 2.75) is 13.0 Å². The number of carbonyl (C=O) groups excluding carboxylic acids is 2. The van der Waals surface area contributed by atoms with Crippen LogP contribution >= 0.6 is 0 Å². The first-order valence-electron chi connectivity index (χ1n) is 8.87. The molecule has 10 nitrogen and oxygen atoms in total. The maximum absolute atomic E-state index is 12.5. The molecule has 0 aromatic heterocycles. The molecule has 1 amide bonds. The molecule has 2 aromatic rings. The molecule has 0 unspecified atom stereocenters. The summed E-state index contributed by atoms with van der Waals surface area (Å²) in [6.07, 6.45) is -1.20. The monoisotopic (exact) mass is 417 g/mol. The van der Waals surface area contributed by atoms with Crippen molar-refractivity contribution in [3.63, 3.8) is 0 Å². The molecule has 0 spiro atoms. The molecule has 0 aliphatic heterocycles. The van der Waals surface area contributed by atoms with Gasteiger partial charge in [-0.25, -0.2) is 4.79 Å². The molecule has 0 bridgehead atoms. The van der Waals surface area contributed by atoms with Gasteiger partial charge in [0.25, 0.3) is 11.6 Å². The Kier molecular flexibility index (Phi) is 7.18. The fraction of sp³-hybridized carbons (Fsp3) is 0.300. The Morgan fingerprint density at radius 3 is 2.13 bits per heavy atom. The van der Waals surface area contributed by atoms with E-state index >= 15 is 0 Å². The van der Waals surface area contributed by atoms with Crippen LogP contribution in [0.2, 0.25) is 0 Å². The second kappa shape index (κ2) is 9.59. The third-order valence-electron chi connectivity index (χ3n) is 4.22. The van der Waals surface area contributed by atoms with E-state index in [4.69, 9.17) is 14.2 Å². The molecule has 0 saturated carbocycles. The van der Waals surface area contributed by atoms with E-state index in [1.54, 1.807) is 12.1 Å². The van der Waals surface area contributed by atoms with Crippen LogP contribution in [0.3, 0.4) is 0 Å². The molecular weight excluding hydrogens is 394 g/mol. The minimum absolute atomic E-state index is 0.0905. The number of hydrogen-bond donors (Lipinski definition) is 1. The maximum atomic E-state index is 12.5. The molecule has 1 N–H and O–H groups in total. The zero-order chi connectivity index (χ0) is 22.4. The van der Waals surface area contributed by atoms with Gasteiger partial charge < -0.3 is 24.4 Å². The average Bonchev–Trinajstić information content (AvgIpc) is 2.72. The van der Waals surface area contributed by atoms with Gasteiger partial charge in [0, 0.05) is 31.5 Å². The molecule has 2 aromatic carbocycles. The first kappa shape index (κ1) is 22.5. The van der Waals surface area contributed by atoms with Gasteiger partial charge in [-0.2, -0.15) is 0 Å². The lowest BCUT2D eigenvalue weighted by atomic mass is 10.1. The molecular formula is C20H23N3O7. The maximum Gasteiger partial charge on any atom is 0.346 e. The number of carbonyl (C=O) groups is 2. The Bertz CT molecular complexity index is 942. The number of methoxy groups -OCH3 is 2. The fourth-order valence-electron chi connectivity index (χ4n) is 2.55. The highest BCUT2D eigenvalue weighted by Crippen LogP contribution is 2.35. The van der Waals surface area contributed by atoms with Crippen LogP contribution in [0.1, 0.15) is 17.3 Å². The van der Waals surface area contributed by atoms with Crippen LogP contribution in [-0.4, -0.2) is 51.2 Å². The quantitative estimate of drug-likeness (QED) is 0.395. The smallest absolute Gasteiger partial charge is 0.346 e. The van der Waals surface area contributed by atoms with Gasteiger partial charge in [0.05, 0.1) is 25.2 Å². The summed E-state index contributed by atoms with van der Waals surface area (Å²) in [7, 11) is 6.43. The van der Waals surface area contributed by atoms with Crippen molar-refractivity contribution in [2.75, 3.05) is 38.5 Å². The van der Waals surface area contributed by atoms with Crippen LogP contribution in [0.15, 0.2) is 36.4 Å². The molecule has 0 saturated heterocycles.